The Morgan fingerprint density at radius 1 is 1.41 bits per heavy atom. The van der Waals surface area contributed by atoms with Gasteiger partial charge in [-0.25, -0.2) is 0 Å². The molecule has 0 aromatic heterocycles. The maximum atomic E-state index is 11.8. The summed E-state index contributed by atoms with van der Waals surface area (Å²) < 4.78 is 0. The van der Waals surface area contributed by atoms with Crippen molar-refractivity contribution in [3.8, 4) is 5.75 Å². The van der Waals surface area contributed by atoms with Crippen LogP contribution in [0.25, 0.3) is 0 Å². The summed E-state index contributed by atoms with van der Waals surface area (Å²) >= 11 is 0. The van der Waals surface area contributed by atoms with Crippen molar-refractivity contribution >= 4 is 5.78 Å². The van der Waals surface area contributed by atoms with E-state index in [-0.39, 0.29) is 18.1 Å². The van der Waals surface area contributed by atoms with Crippen LogP contribution in [0.1, 0.15) is 21.5 Å². The molecule has 0 aliphatic carbocycles. The number of carbonyl (C=O) groups is 1. The van der Waals surface area contributed by atoms with Gasteiger partial charge in [-0.05, 0) is 39.7 Å². The van der Waals surface area contributed by atoms with Crippen molar-refractivity contribution < 1.29 is 9.90 Å². The molecule has 0 saturated heterocycles. The van der Waals surface area contributed by atoms with Gasteiger partial charge in [-0.3, -0.25) is 4.79 Å². The number of Topliss-reactive ketones (excluding diaryl/α,β-unsaturated/α-hetero) is 1. The maximum Gasteiger partial charge on any atom is 0.180 e. The van der Waals surface area contributed by atoms with Crippen molar-refractivity contribution in [2.45, 2.75) is 13.5 Å². The van der Waals surface area contributed by atoms with Crippen molar-refractivity contribution in [2.24, 2.45) is 0 Å². The summed E-state index contributed by atoms with van der Waals surface area (Å²) in [7, 11) is 5.58. The number of hydrogen-bond acceptors (Lipinski definition) is 4. The molecule has 0 radical (unpaired) electrons. The SMILES string of the molecule is CNCC(=O)c1ccc(C)c(CN(C)C)c1O. The van der Waals surface area contributed by atoms with Crippen molar-refractivity contribution in [3.63, 3.8) is 0 Å². The van der Waals surface area contributed by atoms with E-state index in [1.54, 1.807) is 13.1 Å². The Kier molecular flexibility index (Phi) is 4.66. The molecule has 4 heteroatoms. The fraction of sp³-hybridized carbons (Fsp3) is 0.462. The van der Waals surface area contributed by atoms with E-state index < -0.39 is 0 Å². The zero-order valence-corrected chi connectivity index (χ0v) is 10.9. The highest BCUT2D eigenvalue weighted by Gasteiger charge is 2.15. The number of rotatable bonds is 5. The second-order valence-corrected chi connectivity index (χ2v) is 4.45. The van der Waals surface area contributed by atoms with E-state index in [0.717, 1.165) is 11.1 Å². The van der Waals surface area contributed by atoms with Crippen molar-refractivity contribution in [1.29, 1.82) is 0 Å². The molecular weight excluding hydrogens is 216 g/mol. The Balaban J connectivity index is 3.14. The first-order chi connectivity index (χ1) is 7.97. The smallest absolute Gasteiger partial charge is 0.180 e. The normalized spacial score (nSPS) is 10.9. The molecule has 0 heterocycles. The molecule has 2 N–H and O–H groups in total. The lowest BCUT2D eigenvalue weighted by Gasteiger charge is -2.16. The number of phenolic OH excluding ortho intramolecular Hbond substituents is 1. The van der Waals surface area contributed by atoms with E-state index in [4.69, 9.17) is 0 Å². The molecule has 0 saturated carbocycles. The van der Waals surface area contributed by atoms with Gasteiger partial charge >= 0.3 is 0 Å². The Bertz CT molecular complexity index is 414. The highest BCUT2D eigenvalue weighted by Crippen LogP contribution is 2.27. The number of aromatic hydroxyl groups is 1. The van der Waals surface area contributed by atoms with E-state index in [2.05, 4.69) is 5.32 Å². The van der Waals surface area contributed by atoms with Gasteiger partial charge < -0.3 is 15.3 Å². The molecule has 1 aromatic carbocycles. The standard InChI is InChI=1S/C13H20N2O2/c1-9-5-6-10(12(16)7-14-2)13(17)11(9)8-15(3)4/h5-6,14,17H,7-8H2,1-4H3. The van der Waals surface area contributed by atoms with E-state index in [1.165, 1.54) is 0 Å². The summed E-state index contributed by atoms with van der Waals surface area (Å²) in [6.07, 6.45) is 0. The minimum Gasteiger partial charge on any atom is -0.507 e. The minimum atomic E-state index is -0.0926. The highest BCUT2D eigenvalue weighted by molar-refractivity contribution is 6.00. The average Bonchev–Trinajstić information content (AvgIpc) is 2.24. The molecule has 1 rings (SSSR count). The molecule has 4 nitrogen and oxygen atoms in total. The van der Waals surface area contributed by atoms with Crippen LogP contribution in [0.3, 0.4) is 0 Å². The highest BCUT2D eigenvalue weighted by atomic mass is 16.3. The van der Waals surface area contributed by atoms with Crippen LogP contribution in [0, 0.1) is 6.92 Å². The molecular formula is C13H20N2O2. The second-order valence-electron chi connectivity index (χ2n) is 4.45. The van der Waals surface area contributed by atoms with Crippen molar-refractivity contribution in [2.75, 3.05) is 27.7 Å². The molecule has 0 spiro atoms. The summed E-state index contributed by atoms with van der Waals surface area (Å²) in [4.78, 5) is 13.7. The molecule has 94 valence electrons. The van der Waals surface area contributed by atoms with Gasteiger partial charge in [-0.15, -0.1) is 0 Å². The van der Waals surface area contributed by atoms with Crippen LogP contribution < -0.4 is 5.32 Å². The van der Waals surface area contributed by atoms with Crippen molar-refractivity contribution in [3.05, 3.63) is 28.8 Å². The summed E-state index contributed by atoms with van der Waals surface area (Å²) in [6.45, 7) is 2.79. The number of benzene rings is 1. The summed E-state index contributed by atoms with van der Waals surface area (Å²) in [5.41, 5.74) is 2.20. The first-order valence-corrected chi connectivity index (χ1v) is 5.61. The number of likely N-dealkylation sites (N-methyl/N-ethyl adjacent to an activating group) is 1. The number of carbonyl (C=O) groups excluding carboxylic acids is 1. The van der Waals surface area contributed by atoms with E-state index in [1.807, 2.05) is 32.0 Å². The van der Waals surface area contributed by atoms with Crippen LogP contribution in [0.5, 0.6) is 5.75 Å². The lowest BCUT2D eigenvalue weighted by Crippen LogP contribution is -2.19. The molecule has 0 aliphatic heterocycles. The van der Waals surface area contributed by atoms with Gasteiger partial charge in [0.15, 0.2) is 5.78 Å². The first-order valence-electron chi connectivity index (χ1n) is 5.61. The Labute approximate surface area is 102 Å². The fourth-order valence-corrected chi connectivity index (χ4v) is 1.73. The van der Waals surface area contributed by atoms with Gasteiger partial charge in [-0.1, -0.05) is 6.07 Å². The van der Waals surface area contributed by atoms with Gasteiger partial charge in [0, 0.05) is 12.1 Å². The topological polar surface area (TPSA) is 52.6 Å². The van der Waals surface area contributed by atoms with Crippen molar-refractivity contribution in [1.82, 2.24) is 10.2 Å². The Morgan fingerprint density at radius 3 is 2.59 bits per heavy atom. The number of nitrogens with zero attached hydrogens (tertiary/aromatic N) is 1. The van der Waals surface area contributed by atoms with Crippen LogP contribution in [0.15, 0.2) is 12.1 Å². The number of ketones is 1. The van der Waals surface area contributed by atoms with Crippen LogP contribution in [0.4, 0.5) is 0 Å². The molecule has 0 aliphatic rings. The molecule has 0 atom stereocenters. The third-order valence-electron chi connectivity index (χ3n) is 2.63. The predicted molar refractivity (Wildman–Crippen MR) is 68.5 cm³/mol. The largest absolute Gasteiger partial charge is 0.507 e. The molecule has 0 bridgehead atoms. The van der Waals surface area contributed by atoms with Gasteiger partial charge in [-0.2, -0.15) is 0 Å². The summed E-state index contributed by atoms with van der Waals surface area (Å²) in [5, 5.41) is 12.9. The first kappa shape index (κ1) is 13.7. The second kappa shape index (κ2) is 5.80. The molecule has 17 heavy (non-hydrogen) atoms. The summed E-state index contributed by atoms with van der Waals surface area (Å²) in [6, 6.07) is 3.56. The number of nitrogens with one attached hydrogen (secondary N) is 1. The maximum absolute atomic E-state index is 11.8. The minimum absolute atomic E-state index is 0.0926. The van der Waals surface area contributed by atoms with Crippen LogP contribution in [0.2, 0.25) is 0 Å². The average molecular weight is 236 g/mol. The van der Waals surface area contributed by atoms with Gasteiger partial charge in [0.05, 0.1) is 12.1 Å². The Hall–Kier alpha value is -1.39. The van der Waals surface area contributed by atoms with Gasteiger partial charge in [0.25, 0.3) is 0 Å². The quantitative estimate of drug-likeness (QED) is 0.753. The molecule has 0 amide bonds. The zero-order chi connectivity index (χ0) is 13.0. The number of phenols is 1. The molecule has 0 unspecified atom stereocenters. The Morgan fingerprint density at radius 2 is 2.06 bits per heavy atom. The predicted octanol–water partition coefficient (Wildman–Crippen LogP) is 1.16. The molecule has 1 aromatic rings. The lowest BCUT2D eigenvalue weighted by molar-refractivity contribution is 0.0990. The van der Waals surface area contributed by atoms with E-state index in [9.17, 15) is 9.90 Å². The van der Waals surface area contributed by atoms with Crippen LogP contribution in [-0.4, -0.2) is 43.5 Å². The third-order valence-corrected chi connectivity index (χ3v) is 2.63. The van der Waals surface area contributed by atoms with Gasteiger partial charge in [0.2, 0.25) is 0 Å². The summed E-state index contributed by atoms with van der Waals surface area (Å²) in [5.74, 6) is 0.0176. The molecule has 0 fully saturated rings. The lowest BCUT2D eigenvalue weighted by atomic mass is 10.00. The fourth-order valence-electron chi connectivity index (χ4n) is 1.73. The monoisotopic (exact) mass is 236 g/mol. The van der Waals surface area contributed by atoms with E-state index >= 15 is 0 Å². The zero-order valence-electron chi connectivity index (χ0n) is 10.9. The van der Waals surface area contributed by atoms with Crippen LogP contribution >= 0.6 is 0 Å². The van der Waals surface area contributed by atoms with Crippen LogP contribution in [-0.2, 0) is 6.54 Å². The number of hydrogen-bond donors (Lipinski definition) is 2. The number of aryl methyl sites for hydroxylation is 1. The van der Waals surface area contributed by atoms with Gasteiger partial charge in [0.1, 0.15) is 5.75 Å². The van der Waals surface area contributed by atoms with E-state index in [0.29, 0.717) is 12.1 Å². The third kappa shape index (κ3) is 3.28.